The van der Waals surface area contributed by atoms with Gasteiger partial charge in [0.25, 0.3) is 0 Å². The zero-order chi connectivity index (χ0) is 14.8. The maximum atomic E-state index is 12.8. The molecule has 0 aliphatic heterocycles. The predicted molar refractivity (Wildman–Crippen MR) is 82.0 cm³/mol. The summed E-state index contributed by atoms with van der Waals surface area (Å²) in [7, 11) is 1.63. The maximum Gasteiger partial charge on any atom is 0.197 e. The van der Waals surface area contributed by atoms with Gasteiger partial charge < -0.3 is 9.15 Å². The Morgan fingerprint density at radius 2 is 1.81 bits per heavy atom. The molecule has 0 amide bonds. The SMILES string of the molecule is CCc1occc1C(=O)c1ccc(OC)c2ccccc12. The number of methoxy groups -OCH3 is 1. The van der Waals surface area contributed by atoms with Gasteiger partial charge in [0.1, 0.15) is 11.5 Å². The summed E-state index contributed by atoms with van der Waals surface area (Å²) in [6.45, 7) is 1.97. The van der Waals surface area contributed by atoms with Crippen molar-refractivity contribution in [3.8, 4) is 5.75 Å². The minimum absolute atomic E-state index is 0.0144. The molecule has 0 spiro atoms. The van der Waals surface area contributed by atoms with Crippen LogP contribution in [0.25, 0.3) is 10.8 Å². The fraction of sp³-hybridized carbons (Fsp3) is 0.167. The third-order valence-corrected chi connectivity index (χ3v) is 3.66. The van der Waals surface area contributed by atoms with Crippen molar-refractivity contribution in [1.82, 2.24) is 0 Å². The van der Waals surface area contributed by atoms with Gasteiger partial charge in [0, 0.05) is 17.4 Å². The van der Waals surface area contributed by atoms with Crippen LogP contribution in [0.3, 0.4) is 0 Å². The van der Waals surface area contributed by atoms with Crippen molar-refractivity contribution >= 4 is 16.6 Å². The molecule has 0 saturated carbocycles. The highest BCUT2D eigenvalue weighted by Gasteiger charge is 2.18. The van der Waals surface area contributed by atoms with E-state index >= 15 is 0 Å². The van der Waals surface area contributed by atoms with Crippen molar-refractivity contribution in [2.75, 3.05) is 7.11 Å². The molecule has 0 bridgehead atoms. The molecule has 2 aromatic carbocycles. The van der Waals surface area contributed by atoms with Crippen LogP contribution in [0.5, 0.6) is 5.75 Å². The molecule has 3 rings (SSSR count). The Bertz CT molecular complexity index is 799. The molecule has 1 heterocycles. The summed E-state index contributed by atoms with van der Waals surface area (Å²) in [5.74, 6) is 1.48. The molecule has 0 N–H and O–H groups in total. The van der Waals surface area contributed by atoms with E-state index in [1.54, 1.807) is 19.4 Å². The molecule has 106 valence electrons. The van der Waals surface area contributed by atoms with E-state index in [4.69, 9.17) is 9.15 Å². The van der Waals surface area contributed by atoms with Gasteiger partial charge in [0.15, 0.2) is 5.78 Å². The molecule has 3 nitrogen and oxygen atoms in total. The number of benzene rings is 2. The smallest absolute Gasteiger partial charge is 0.197 e. The van der Waals surface area contributed by atoms with E-state index in [0.717, 1.165) is 22.3 Å². The van der Waals surface area contributed by atoms with Gasteiger partial charge in [-0.1, -0.05) is 31.2 Å². The monoisotopic (exact) mass is 280 g/mol. The van der Waals surface area contributed by atoms with E-state index in [9.17, 15) is 4.79 Å². The normalized spacial score (nSPS) is 10.8. The van der Waals surface area contributed by atoms with E-state index in [1.807, 2.05) is 43.3 Å². The Labute approximate surface area is 123 Å². The minimum Gasteiger partial charge on any atom is -0.496 e. The maximum absolute atomic E-state index is 12.8. The number of aryl methyl sites for hydroxylation is 1. The first-order valence-electron chi connectivity index (χ1n) is 6.93. The molecule has 0 aliphatic carbocycles. The summed E-state index contributed by atoms with van der Waals surface area (Å²) in [4.78, 5) is 12.8. The van der Waals surface area contributed by atoms with E-state index in [1.165, 1.54) is 0 Å². The second-order valence-corrected chi connectivity index (χ2v) is 4.80. The summed E-state index contributed by atoms with van der Waals surface area (Å²) in [5, 5.41) is 1.83. The van der Waals surface area contributed by atoms with Gasteiger partial charge in [-0.15, -0.1) is 0 Å². The lowest BCUT2D eigenvalue weighted by molar-refractivity contribution is 0.103. The van der Waals surface area contributed by atoms with Crippen LogP contribution in [0, 0.1) is 0 Å². The van der Waals surface area contributed by atoms with Gasteiger partial charge in [-0.2, -0.15) is 0 Å². The Hall–Kier alpha value is -2.55. The molecule has 0 aliphatic rings. The van der Waals surface area contributed by atoms with Crippen molar-refractivity contribution in [2.45, 2.75) is 13.3 Å². The molecular weight excluding hydrogens is 264 g/mol. The molecule has 3 aromatic rings. The van der Waals surface area contributed by atoms with Crippen LogP contribution in [-0.2, 0) is 6.42 Å². The topological polar surface area (TPSA) is 39.4 Å². The minimum atomic E-state index is -0.0144. The first kappa shape index (κ1) is 13.4. The van der Waals surface area contributed by atoms with E-state index < -0.39 is 0 Å². The highest BCUT2D eigenvalue weighted by Crippen LogP contribution is 2.30. The number of rotatable bonds is 4. The Morgan fingerprint density at radius 3 is 2.52 bits per heavy atom. The summed E-state index contributed by atoms with van der Waals surface area (Å²) in [6, 6.07) is 13.2. The lowest BCUT2D eigenvalue weighted by Crippen LogP contribution is -2.04. The average Bonchev–Trinajstić information content (AvgIpc) is 3.01. The van der Waals surface area contributed by atoms with Gasteiger partial charge in [-0.25, -0.2) is 0 Å². The van der Waals surface area contributed by atoms with Gasteiger partial charge >= 0.3 is 0 Å². The quantitative estimate of drug-likeness (QED) is 0.671. The highest BCUT2D eigenvalue weighted by atomic mass is 16.5. The Kier molecular flexibility index (Phi) is 3.48. The Morgan fingerprint density at radius 1 is 1.05 bits per heavy atom. The summed E-state index contributed by atoms with van der Waals surface area (Å²) < 4.78 is 10.7. The second-order valence-electron chi connectivity index (χ2n) is 4.80. The number of ether oxygens (including phenoxy) is 1. The molecule has 3 heteroatoms. The zero-order valence-corrected chi connectivity index (χ0v) is 12.1. The summed E-state index contributed by atoms with van der Waals surface area (Å²) >= 11 is 0. The van der Waals surface area contributed by atoms with Crippen molar-refractivity contribution in [3.05, 3.63) is 65.6 Å². The third kappa shape index (κ3) is 2.21. The van der Waals surface area contributed by atoms with Crippen LogP contribution in [0.1, 0.15) is 28.6 Å². The number of hydrogen-bond acceptors (Lipinski definition) is 3. The van der Waals surface area contributed by atoms with Crippen molar-refractivity contribution in [3.63, 3.8) is 0 Å². The van der Waals surface area contributed by atoms with E-state index in [0.29, 0.717) is 17.5 Å². The fourth-order valence-electron chi connectivity index (χ4n) is 2.61. The first-order chi connectivity index (χ1) is 10.3. The number of fused-ring (bicyclic) bond motifs is 1. The molecule has 0 atom stereocenters. The molecule has 21 heavy (non-hydrogen) atoms. The van der Waals surface area contributed by atoms with Gasteiger partial charge in [0.2, 0.25) is 0 Å². The van der Waals surface area contributed by atoms with Gasteiger partial charge in [-0.3, -0.25) is 4.79 Å². The standard InChI is InChI=1S/C18H16O3/c1-3-16-15(10-11-21-16)18(19)14-8-9-17(20-2)13-7-5-4-6-12(13)14/h4-11H,3H2,1-2H3. The molecular formula is C18H16O3. The van der Waals surface area contributed by atoms with Crippen LogP contribution in [0.4, 0.5) is 0 Å². The Balaban J connectivity index is 2.19. The number of carbonyl (C=O) groups excluding carboxylic acids is 1. The average molecular weight is 280 g/mol. The molecule has 0 radical (unpaired) electrons. The number of hydrogen-bond donors (Lipinski definition) is 0. The number of carbonyl (C=O) groups is 1. The van der Waals surface area contributed by atoms with Crippen molar-refractivity contribution in [2.24, 2.45) is 0 Å². The van der Waals surface area contributed by atoms with Crippen LogP contribution < -0.4 is 4.74 Å². The predicted octanol–water partition coefficient (Wildman–Crippen LogP) is 4.23. The van der Waals surface area contributed by atoms with Gasteiger partial charge in [0.05, 0.1) is 18.9 Å². The highest BCUT2D eigenvalue weighted by molar-refractivity contribution is 6.17. The fourth-order valence-corrected chi connectivity index (χ4v) is 2.61. The molecule has 0 unspecified atom stereocenters. The third-order valence-electron chi connectivity index (χ3n) is 3.66. The summed E-state index contributed by atoms with van der Waals surface area (Å²) in [6.07, 6.45) is 2.26. The van der Waals surface area contributed by atoms with Crippen LogP contribution in [0.15, 0.2) is 53.1 Å². The molecule has 0 fully saturated rings. The largest absolute Gasteiger partial charge is 0.496 e. The van der Waals surface area contributed by atoms with Crippen molar-refractivity contribution in [1.29, 1.82) is 0 Å². The van der Waals surface area contributed by atoms with E-state index in [2.05, 4.69) is 0 Å². The molecule has 1 aromatic heterocycles. The van der Waals surface area contributed by atoms with Crippen molar-refractivity contribution < 1.29 is 13.9 Å². The number of furan rings is 1. The lowest BCUT2D eigenvalue weighted by atomic mass is 9.96. The van der Waals surface area contributed by atoms with Crippen LogP contribution in [-0.4, -0.2) is 12.9 Å². The van der Waals surface area contributed by atoms with Crippen LogP contribution >= 0.6 is 0 Å². The number of ketones is 1. The van der Waals surface area contributed by atoms with Crippen LogP contribution in [0.2, 0.25) is 0 Å². The lowest BCUT2D eigenvalue weighted by Gasteiger charge is -2.09. The first-order valence-corrected chi connectivity index (χ1v) is 6.93. The second kappa shape index (κ2) is 5.44. The molecule has 0 saturated heterocycles. The van der Waals surface area contributed by atoms with Gasteiger partial charge in [-0.05, 0) is 23.6 Å². The van der Waals surface area contributed by atoms with E-state index in [-0.39, 0.29) is 5.78 Å². The zero-order valence-electron chi connectivity index (χ0n) is 12.1. The summed E-state index contributed by atoms with van der Waals surface area (Å²) in [5.41, 5.74) is 1.30.